The fourth-order valence-corrected chi connectivity index (χ4v) is 5.55. The first-order valence-corrected chi connectivity index (χ1v) is 15.0. The van der Waals surface area contributed by atoms with Gasteiger partial charge in [-0.2, -0.15) is 13.2 Å². The van der Waals surface area contributed by atoms with Gasteiger partial charge in [-0.3, -0.25) is 0 Å². The predicted molar refractivity (Wildman–Crippen MR) is 171 cm³/mol. The highest BCUT2D eigenvalue weighted by atomic mass is 19.4. The normalized spacial score (nSPS) is 16.9. The molecule has 1 atom stereocenters. The number of alkyl carbamates (subject to hydrolysis) is 1. The average molecular weight is 661 g/mol. The van der Waals surface area contributed by atoms with Crippen LogP contribution in [0, 0.1) is 11.8 Å². The van der Waals surface area contributed by atoms with Crippen molar-refractivity contribution in [3.63, 3.8) is 0 Å². The van der Waals surface area contributed by atoms with Crippen LogP contribution in [0.1, 0.15) is 38.3 Å². The third-order valence-electron chi connectivity index (χ3n) is 7.59. The van der Waals surface area contributed by atoms with Gasteiger partial charge in [0.2, 0.25) is 0 Å². The maximum Gasteiger partial charge on any atom is 0.416 e. The highest BCUT2D eigenvalue weighted by molar-refractivity contribution is 6.05. The lowest BCUT2D eigenvalue weighted by Gasteiger charge is -2.41. The number of nitrogens with one attached hydrogen (secondary N) is 2. The molecule has 2 aliphatic heterocycles. The van der Waals surface area contributed by atoms with Crippen LogP contribution in [-0.2, 0) is 10.9 Å². The molecule has 0 radical (unpaired) electrons. The lowest BCUT2D eigenvalue weighted by atomic mass is 10.1. The van der Waals surface area contributed by atoms with Crippen LogP contribution in [0.2, 0.25) is 0 Å². The maximum atomic E-state index is 14.0. The molecular weight excluding hydrogens is 629 g/mol. The average Bonchev–Trinajstić information content (AvgIpc) is 3.67. The van der Waals surface area contributed by atoms with Crippen LogP contribution in [0.4, 0.5) is 40.0 Å². The zero-order chi connectivity index (χ0) is 34.3. The van der Waals surface area contributed by atoms with Crippen molar-refractivity contribution in [2.75, 3.05) is 34.8 Å². The Balaban J connectivity index is 1.31. The van der Waals surface area contributed by atoms with Gasteiger partial charge in [0, 0.05) is 35.3 Å². The minimum Gasteiger partial charge on any atom is -0.444 e. The zero-order valence-corrected chi connectivity index (χ0v) is 26.2. The summed E-state index contributed by atoms with van der Waals surface area (Å²) in [7, 11) is 0. The minimum atomic E-state index is -4.55. The molecule has 2 bridgehead atoms. The Hall–Kier alpha value is -5.55. The number of aromatic nitrogens is 2. The Kier molecular flexibility index (Phi) is 8.26. The van der Waals surface area contributed by atoms with E-state index in [4.69, 9.17) is 9.15 Å². The van der Waals surface area contributed by atoms with Gasteiger partial charge >= 0.3 is 18.3 Å². The summed E-state index contributed by atoms with van der Waals surface area (Å²) in [6.45, 7) is 5.80. The number of hydrogen-bond donors (Lipinski definition) is 3. The van der Waals surface area contributed by atoms with E-state index in [1.54, 1.807) is 51.1 Å². The molecule has 14 heteroatoms. The number of fused-ring (bicyclic) bond motifs is 4. The Labute approximate surface area is 273 Å². The Morgan fingerprint density at radius 2 is 1.92 bits per heavy atom. The van der Waals surface area contributed by atoms with E-state index in [0.29, 0.717) is 34.8 Å². The minimum absolute atomic E-state index is 0.00286. The van der Waals surface area contributed by atoms with Crippen molar-refractivity contribution in [2.45, 2.75) is 44.7 Å². The molecule has 0 unspecified atom stereocenters. The molecular formula is C34H31F3N6O5. The quantitative estimate of drug-likeness (QED) is 0.219. The van der Waals surface area contributed by atoms with Crippen LogP contribution in [0.3, 0.4) is 0 Å². The van der Waals surface area contributed by atoms with Crippen LogP contribution in [0.5, 0.6) is 0 Å². The summed E-state index contributed by atoms with van der Waals surface area (Å²) in [5.74, 6) is 6.32. The number of anilines is 3. The highest BCUT2D eigenvalue weighted by Gasteiger charge is 2.51. The molecule has 0 saturated carbocycles. The number of carbonyl (C=O) groups excluding carboxylic acids is 2. The number of rotatable bonds is 4. The van der Waals surface area contributed by atoms with Crippen molar-refractivity contribution in [2.24, 2.45) is 0 Å². The van der Waals surface area contributed by atoms with E-state index in [1.807, 2.05) is 4.90 Å². The lowest BCUT2D eigenvalue weighted by Crippen LogP contribution is -2.58. The first-order valence-electron chi connectivity index (χ1n) is 15.0. The predicted octanol–water partition coefficient (Wildman–Crippen LogP) is 6.25. The number of alkyl halides is 3. The van der Waals surface area contributed by atoms with E-state index in [2.05, 4.69) is 32.4 Å². The van der Waals surface area contributed by atoms with Gasteiger partial charge in [-0.1, -0.05) is 24.0 Å². The summed E-state index contributed by atoms with van der Waals surface area (Å²) < 4.78 is 51.0. The zero-order valence-electron chi connectivity index (χ0n) is 26.2. The molecule has 3 amide bonds. The topological polar surface area (TPSA) is 133 Å². The van der Waals surface area contributed by atoms with Gasteiger partial charge in [0.1, 0.15) is 5.60 Å². The third kappa shape index (κ3) is 6.91. The Morgan fingerprint density at radius 1 is 1.10 bits per heavy atom. The smallest absolute Gasteiger partial charge is 0.416 e. The van der Waals surface area contributed by atoms with E-state index in [1.165, 1.54) is 24.7 Å². The molecule has 4 aromatic rings. The van der Waals surface area contributed by atoms with Gasteiger partial charge < -0.3 is 29.8 Å². The van der Waals surface area contributed by atoms with Crippen molar-refractivity contribution >= 4 is 29.3 Å². The first kappa shape index (κ1) is 32.4. The summed E-state index contributed by atoms with van der Waals surface area (Å²) in [6.07, 6.45) is -2.19. The summed E-state index contributed by atoms with van der Waals surface area (Å²) in [5, 5.41) is 17.0. The molecule has 2 aliphatic rings. The van der Waals surface area contributed by atoms with E-state index in [9.17, 15) is 27.9 Å². The number of ether oxygens (including phenoxy) is 1. The Morgan fingerprint density at radius 3 is 2.65 bits per heavy atom. The fourth-order valence-electron chi connectivity index (χ4n) is 5.55. The largest absolute Gasteiger partial charge is 0.444 e. The van der Waals surface area contributed by atoms with Crippen LogP contribution < -0.4 is 20.4 Å². The number of aliphatic hydroxyl groups is 1. The van der Waals surface area contributed by atoms with Gasteiger partial charge in [-0.25, -0.2) is 24.5 Å². The van der Waals surface area contributed by atoms with Crippen molar-refractivity contribution in [1.82, 2.24) is 15.3 Å². The number of pyridine rings is 1. The van der Waals surface area contributed by atoms with Crippen molar-refractivity contribution < 1.29 is 37.0 Å². The molecule has 0 aliphatic carbocycles. The SMILES string of the molecule is CC(C)(C)OC(=O)NCC#Cc1cc(NC(=O)N2c3nc(-c4cccc(C(F)(F)F)c4)ccc3N3CC[C@@]2(O)C3)cc(-c2cnco2)c1. The van der Waals surface area contributed by atoms with E-state index < -0.39 is 35.2 Å². The van der Waals surface area contributed by atoms with Crippen molar-refractivity contribution in [3.8, 4) is 34.4 Å². The molecule has 0 spiro atoms. The molecule has 2 aromatic carbocycles. The van der Waals surface area contributed by atoms with Gasteiger partial charge in [0.25, 0.3) is 0 Å². The van der Waals surface area contributed by atoms with Crippen molar-refractivity contribution in [3.05, 3.63) is 78.3 Å². The fraction of sp³-hybridized carbons (Fsp3) is 0.294. The number of urea groups is 1. The summed E-state index contributed by atoms with van der Waals surface area (Å²) in [6, 6.07) is 12.3. The molecule has 3 N–H and O–H groups in total. The second-order valence-corrected chi connectivity index (χ2v) is 12.4. The third-order valence-corrected chi connectivity index (χ3v) is 7.59. The maximum absolute atomic E-state index is 14.0. The van der Waals surface area contributed by atoms with E-state index >= 15 is 0 Å². The second-order valence-electron chi connectivity index (χ2n) is 12.4. The number of halogens is 3. The second kappa shape index (κ2) is 12.2. The lowest BCUT2D eigenvalue weighted by molar-refractivity contribution is -0.137. The molecule has 2 aromatic heterocycles. The Bertz CT molecular complexity index is 1930. The molecule has 1 saturated heterocycles. The van der Waals surface area contributed by atoms with Crippen LogP contribution >= 0.6 is 0 Å². The number of nitrogens with zero attached hydrogens (tertiary/aromatic N) is 4. The monoisotopic (exact) mass is 660 g/mol. The van der Waals surface area contributed by atoms with E-state index in [-0.39, 0.29) is 36.6 Å². The molecule has 4 heterocycles. The van der Waals surface area contributed by atoms with Crippen LogP contribution in [-0.4, -0.2) is 58.2 Å². The number of benzene rings is 2. The highest BCUT2D eigenvalue weighted by Crippen LogP contribution is 2.45. The van der Waals surface area contributed by atoms with E-state index in [0.717, 1.165) is 17.0 Å². The standard InChI is InChI=1S/C34H31F3N6O5/c1-32(2,3)48-31(45)39-12-5-6-21-14-23(28-18-38-20-47-28)17-25(15-21)40-30(44)43-29-27(42-13-11-33(43,46)19-42)10-9-26(41-29)22-7-4-8-24(16-22)34(35,36)37/h4,7-10,14-18,20,46H,11-13,19H2,1-3H3,(H,39,45)(H,40,44)/t33-/m1/s1. The van der Waals surface area contributed by atoms with Gasteiger partial charge in [0.05, 0.1) is 36.2 Å². The number of amides is 3. The van der Waals surface area contributed by atoms with Gasteiger partial charge in [-0.15, -0.1) is 0 Å². The molecule has 11 nitrogen and oxygen atoms in total. The summed E-state index contributed by atoms with van der Waals surface area (Å²) in [5.41, 5.74) is -0.836. The molecule has 248 valence electrons. The number of oxazole rings is 1. The summed E-state index contributed by atoms with van der Waals surface area (Å²) in [4.78, 5) is 37.6. The molecule has 6 rings (SSSR count). The van der Waals surface area contributed by atoms with Crippen molar-refractivity contribution in [1.29, 1.82) is 0 Å². The van der Waals surface area contributed by atoms with Gasteiger partial charge in [0.15, 0.2) is 23.7 Å². The van der Waals surface area contributed by atoms with Crippen LogP contribution in [0.25, 0.3) is 22.6 Å². The van der Waals surface area contributed by atoms with Crippen LogP contribution in [0.15, 0.2) is 71.6 Å². The molecule has 48 heavy (non-hydrogen) atoms. The number of hydrogen-bond acceptors (Lipinski definition) is 8. The molecule has 1 fully saturated rings. The summed E-state index contributed by atoms with van der Waals surface area (Å²) >= 11 is 0. The van der Waals surface area contributed by atoms with Gasteiger partial charge in [-0.05, 0) is 63.2 Å². The first-order chi connectivity index (χ1) is 22.7. The number of carbonyl (C=O) groups is 2.